The van der Waals surface area contributed by atoms with E-state index in [-0.39, 0.29) is 33.4 Å². The summed E-state index contributed by atoms with van der Waals surface area (Å²) in [6.45, 7) is 0. The molecule has 0 saturated heterocycles. The minimum absolute atomic E-state index is 0.0392. The van der Waals surface area contributed by atoms with Gasteiger partial charge in [-0.1, -0.05) is 37.1 Å². The average Bonchev–Trinajstić information content (AvgIpc) is 3.18. The Hall–Kier alpha value is -2.55. The number of hydrogen-bond acceptors (Lipinski definition) is 7. The van der Waals surface area contributed by atoms with Crippen molar-refractivity contribution in [3.05, 3.63) is 58.7 Å². The topological polar surface area (TPSA) is 116 Å². The number of nitrogens with two attached hydrogens (primary N) is 1. The molecular weight excluding hydrogens is 368 g/mol. The van der Waals surface area contributed by atoms with Crippen molar-refractivity contribution < 1.29 is 22.3 Å². The Morgan fingerprint density at radius 1 is 0.963 bits per heavy atom. The molecule has 0 amide bonds. The summed E-state index contributed by atoms with van der Waals surface area (Å²) < 4.78 is 28.4. The van der Waals surface area contributed by atoms with Gasteiger partial charge in [0.15, 0.2) is 11.6 Å². The van der Waals surface area contributed by atoms with E-state index in [1.807, 2.05) is 0 Å². The number of ketones is 2. The normalized spacial score (nSPS) is 16.9. The molecule has 27 heavy (non-hydrogen) atoms. The van der Waals surface area contributed by atoms with Gasteiger partial charge in [-0.25, -0.2) is 0 Å². The molecule has 0 unspecified atom stereocenters. The van der Waals surface area contributed by atoms with Gasteiger partial charge in [0.1, 0.15) is 0 Å². The van der Waals surface area contributed by atoms with Crippen molar-refractivity contribution >= 4 is 27.4 Å². The quantitative estimate of drug-likeness (QED) is 0.662. The van der Waals surface area contributed by atoms with Crippen LogP contribution in [0, 0.1) is 0 Å². The zero-order valence-corrected chi connectivity index (χ0v) is 15.2. The van der Waals surface area contributed by atoms with Crippen LogP contribution in [-0.2, 0) is 14.4 Å². The molecule has 0 heterocycles. The van der Waals surface area contributed by atoms with Crippen molar-refractivity contribution in [3.8, 4) is 0 Å². The van der Waals surface area contributed by atoms with Crippen LogP contribution in [0.2, 0.25) is 0 Å². The Bertz CT molecular complexity index is 1060. The average molecular weight is 386 g/mol. The Balaban J connectivity index is 1.93. The van der Waals surface area contributed by atoms with Crippen LogP contribution in [-0.4, -0.2) is 26.0 Å². The molecule has 2 aliphatic carbocycles. The zero-order chi connectivity index (χ0) is 19.2. The number of nitrogens with one attached hydrogen (secondary N) is 1. The third-order valence-electron chi connectivity index (χ3n) is 5.13. The highest BCUT2D eigenvalue weighted by Gasteiger charge is 2.34. The first-order chi connectivity index (χ1) is 12.9. The van der Waals surface area contributed by atoms with Crippen LogP contribution >= 0.6 is 0 Å². The summed E-state index contributed by atoms with van der Waals surface area (Å²) >= 11 is 0. The summed E-state index contributed by atoms with van der Waals surface area (Å²) in [5.74, 6) is 4.20. The van der Waals surface area contributed by atoms with Gasteiger partial charge in [-0.3, -0.25) is 9.59 Å². The van der Waals surface area contributed by atoms with Gasteiger partial charge in [0.05, 0.1) is 10.5 Å². The maximum atomic E-state index is 13.1. The minimum Gasteiger partial charge on any atom is -0.382 e. The van der Waals surface area contributed by atoms with Gasteiger partial charge in [-0.05, 0) is 25.0 Å². The van der Waals surface area contributed by atoms with Crippen molar-refractivity contribution in [1.82, 2.24) is 0 Å². The SMILES string of the molecule is NOS(=O)(=O)c1cc(NC2CCCC2)c2c(c1)C(=O)c1ccccc1C2=O. The predicted molar refractivity (Wildman–Crippen MR) is 98.1 cm³/mol. The van der Waals surface area contributed by atoms with E-state index in [4.69, 9.17) is 5.90 Å². The van der Waals surface area contributed by atoms with Crippen LogP contribution in [0.1, 0.15) is 57.5 Å². The summed E-state index contributed by atoms with van der Waals surface area (Å²) in [6.07, 6.45) is 3.94. The summed E-state index contributed by atoms with van der Waals surface area (Å²) in [7, 11) is -4.23. The van der Waals surface area contributed by atoms with Gasteiger partial charge in [0.25, 0.3) is 0 Å². The number of carbonyl (C=O) groups is 2. The number of hydrogen-bond donors (Lipinski definition) is 2. The summed E-state index contributed by atoms with van der Waals surface area (Å²) in [5.41, 5.74) is 1.13. The summed E-state index contributed by atoms with van der Waals surface area (Å²) in [4.78, 5) is 25.8. The fraction of sp³-hybridized carbons (Fsp3) is 0.263. The molecule has 0 spiro atoms. The van der Waals surface area contributed by atoms with E-state index >= 15 is 0 Å². The van der Waals surface area contributed by atoms with Gasteiger partial charge in [0.2, 0.25) is 0 Å². The lowest BCUT2D eigenvalue weighted by Crippen LogP contribution is -2.26. The fourth-order valence-electron chi connectivity index (χ4n) is 3.80. The maximum absolute atomic E-state index is 13.1. The van der Waals surface area contributed by atoms with Crippen LogP contribution in [0.25, 0.3) is 0 Å². The molecule has 0 radical (unpaired) electrons. The largest absolute Gasteiger partial charge is 0.382 e. The second-order valence-corrected chi connectivity index (χ2v) is 8.35. The van der Waals surface area contributed by atoms with E-state index in [2.05, 4.69) is 9.60 Å². The lowest BCUT2D eigenvalue weighted by atomic mass is 9.83. The third-order valence-corrected chi connectivity index (χ3v) is 6.20. The number of rotatable bonds is 4. The van der Waals surface area contributed by atoms with Crippen LogP contribution < -0.4 is 11.2 Å². The monoisotopic (exact) mass is 386 g/mol. The molecule has 7 nitrogen and oxygen atoms in total. The van der Waals surface area contributed by atoms with E-state index in [9.17, 15) is 18.0 Å². The Labute approximate surface area is 156 Å². The molecule has 2 aromatic rings. The second kappa shape index (κ2) is 6.56. The molecular formula is C19H18N2O5S. The van der Waals surface area contributed by atoms with Gasteiger partial charge in [-0.2, -0.15) is 18.6 Å². The smallest absolute Gasteiger partial charge is 0.312 e. The van der Waals surface area contributed by atoms with Crippen molar-refractivity contribution in [1.29, 1.82) is 0 Å². The highest BCUT2D eigenvalue weighted by Crippen LogP contribution is 2.36. The Morgan fingerprint density at radius 2 is 1.59 bits per heavy atom. The molecule has 8 heteroatoms. The van der Waals surface area contributed by atoms with Gasteiger partial charge in [-0.15, -0.1) is 0 Å². The number of fused-ring (bicyclic) bond motifs is 2. The Morgan fingerprint density at radius 3 is 2.22 bits per heavy atom. The van der Waals surface area contributed by atoms with Gasteiger partial charge in [0, 0.05) is 28.4 Å². The van der Waals surface area contributed by atoms with E-state index in [1.165, 1.54) is 6.07 Å². The number of carbonyl (C=O) groups excluding carboxylic acids is 2. The van der Waals surface area contributed by atoms with Gasteiger partial charge < -0.3 is 5.32 Å². The first-order valence-corrected chi connectivity index (χ1v) is 10.1. The molecule has 2 aliphatic rings. The summed E-state index contributed by atoms with van der Waals surface area (Å²) in [6, 6.07) is 9.11. The number of benzene rings is 2. The van der Waals surface area contributed by atoms with Crippen molar-refractivity contribution in [2.45, 2.75) is 36.6 Å². The highest BCUT2D eigenvalue weighted by atomic mass is 32.2. The van der Waals surface area contributed by atoms with Gasteiger partial charge >= 0.3 is 10.1 Å². The van der Waals surface area contributed by atoms with Crippen LogP contribution in [0.5, 0.6) is 0 Å². The molecule has 1 fully saturated rings. The molecule has 140 valence electrons. The molecule has 4 rings (SSSR count). The number of anilines is 1. The van der Waals surface area contributed by atoms with E-state index in [0.717, 1.165) is 31.7 Å². The molecule has 0 aromatic heterocycles. The predicted octanol–water partition coefficient (Wildman–Crippen LogP) is 2.40. The van der Waals surface area contributed by atoms with Crippen LogP contribution in [0.3, 0.4) is 0 Å². The molecule has 3 N–H and O–H groups in total. The van der Waals surface area contributed by atoms with Crippen molar-refractivity contribution in [2.75, 3.05) is 5.32 Å². The first-order valence-electron chi connectivity index (χ1n) is 8.69. The lowest BCUT2D eigenvalue weighted by Gasteiger charge is -2.23. The summed E-state index contributed by atoms with van der Waals surface area (Å²) in [5, 5.41) is 3.25. The molecule has 0 aliphatic heterocycles. The lowest BCUT2D eigenvalue weighted by molar-refractivity contribution is 0.0979. The Kier molecular flexibility index (Phi) is 4.33. The highest BCUT2D eigenvalue weighted by molar-refractivity contribution is 7.86. The first kappa shape index (κ1) is 17.8. The fourth-order valence-corrected chi connectivity index (χ4v) is 4.44. The van der Waals surface area contributed by atoms with Crippen LogP contribution in [0.4, 0.5) is 5.69 Å². The van der Waals surface area contributed by atoms with Crippen LogP contribution in [0.15, 0.2) is 41.3 Å². The molecule has 2 aromatic carbocycles. The second-order valence-electron chi connectivity index (χ2n) is 6.77. The molecule has 0 atom stereocenters. The van der Waals surface area contributed by atoms with E-state index in [0.29, 0.717) is 11.3 Å². The third kappa shape index (κ3) is 2.95. The molecule has 1 saturated carbocycles. The maximum Gasteiger partial charge on any atom is 0.312 e. The zero-order valence-electron chi connectivity index (χ0n) is 14.4. The van der Waals surface area contributed by atoms with Crippen molar-refractivity contribution in [2.24, 2.45) is 5.90 Å². The standard InChI is InChI=1S/C19H18N2O5S/c20-26-27(24,25)12-9-15-17(16(10-12)21-11-5-1-2-6-11)19(23)14-8-4-3-7-13(14)18(15)22/h3-4,7-11,21H,1-2,5-6,20H2. The van der Waals surface area contributed by atoms with E-state index in [1.54, 1.807) is 24.3 Å². The van der Waals surface area contributed by atoms with E-state index < -0.39 is 15.9 Å². The minimum atomic E-state index is -4.23. The molecule has 0 bridgehead atoms. The van der Waals surface area contributed by atoms with Crippen molar-refractivity contribution in [3.63, 3.8) is 0 Å².